The van der Waals surface area contributed by atoms with Crippen LogP contribution in [-0.4, -0.2) is 75.8 Å². The Morgan fingerprint density at radius 2 is 1.77 bits per heavy atom. The van der Waals surface area contributed by atoms with E-state index in [1.807, 2.05) is 30.3 Å². The van der Waals surface area contributed by atoms with E-state index >= 15 is 0 Å². The monoisotopic (exact) mass is 531 g/mol. The summed E-state index contributed by atoms with van der Waals surface area (Å²) >= 11 is 0. The standard InChI is InChI=1S/C22H37N5O2.HI/c1-18(2)16-20(27-12-14-29-15-13-27)17-26-22(23-3)25-11-7-10-24-21(28)19-8-5-4-6-9-19;/h4-6,8-9,18,20H,7,10-17H2,1-3H3,(H,24,28)(H2,23,25,26);1H. The molecule has 1 aliphatic heterocycles. The van der Waals surface area contributed by atoms with Crippen LogP contribution in [0, 0.1) is 5.92 Å². The van der Waals surface area contributed by atoms with Gasteiger partial charge in [0.05, 0.1) is 13.2 Å². The third kappa shape index (κ3) is 10.1. The molecule has 1 saturated heterocycles. The number of carbonyl (C=O) groups excluding carboxylic acids is 1. The van der Waals surface area contributed by atoms with Crippen LogP contribution in [-0.2, 0) is 4.74 Å². The van der Waals surface area contributed by atoms with E-state index in [2.05, 4.69) is 39.7 Å². The molecule has 1 aromatic rings. The third-order valence-electron chi connectivity index (χ3n) is 5.00. The molecule has 3 N–H and O–H groups in total. The summed E-state index contributed by atoms with van der Waals surface area (Å²) in [5, 5.41) is 9.75. The SMILES string of the molecule is CN=C(NCCCNC(=O)c1ccccc1)NCC(CC(C)C)N1CCOCC1.I. The number of amides is 1. The summed E-state index contributed by atoms with van der Waals surface area (Å²) in [5.41, 5.74) is 0.692. The maximum absolute atomic E-state index is 12.0. The predicted molar refractivity (Wildman–Crippen MR) is 134 cm³/mol. The van der Waals surface area contributed by atoms with E-state index in [-0.39, 0.29) is 29.9 Å². The minimum absolute atomic E-state index is 0. The number of guanidine groups is 1. The van der Waals surface area contributed by atoms with Crippen LogP contribution < -0.4 is 16.0 Å². The first-order valence-electron chi connectivity index (χ1n) is 10.7. The van der Waals surface area contributed by atoms with E-state index in [9.17, 15) is 4.79 Å². The van der Waals surface area contributed by atoms with Gasteiger partial charge in [-0.25, -0.2) is 0 Å². The molecule has 0 radical (unpaired) electrons. The Hall–Kier alpha value is -1.39. The normalized spacial score (nSPS) is 15.9. The maximum atomic E-state index is 12.0. The van der Waals surface area contributed by atoms with Gasteiger partial charge in [-0.3, -0.25) is 14.7 Å². The smallest absolute Gasteiger partial charge is 0.251 e. The summed E-state index contributed by atoms with van der Waals surface area (Å²) in [5.74, 6) is 1.42. The van der Waals surface area contributed by atoms with Crippen molar-refractivity contribution in [3.63, 3.8) is 0 Å². The number of carbonyl (C=O) groups is 1. The number of nitrogens with zero attached hydrogens (tertiary/aromatic N) is 2. The second-order valence-corrected chi connectivity index (χ2v) is 7.79. The maximum Gasteiger partial charge on any atom is 0.251 e. The lowest BCUT2D eigenvalue weighted by atomic mass is 10.0. The Morgan fingerprint density at radius 1 is 1.10 bits per heavy atom. The van der Waals surface area contributed by atoms with E-state index < -0.39 is 0 Å². The number of rotatable bonds is 10. The second kappa shape index (κ2) is 15.4. The highest BCUT2D eigenvalue weighted by atomic mass is 127. The number of nitrogens with one attached hydrogen (secondary N) is 3. The third-order valence-corrected chi connectivity index (χ3v) is 5.00. The average molecular weight is 531 g/mol. The molecular formula is C22H38IN5O2. The molecule has 0 bridgehead atoms. The molecule has 0 aromatic heterocycles. The van der Waals surface area contributed by atoms with Gasteiger partial charge in [0.15, 0.2) is 5.96 Å². The van der Waals surface area contributed by atoms with Crippen molar-refractivity contribution in [1.29, 1.82) is 0 Å². The van der Waals surface area contributed by atoms with Gasteiger partial charge in [-0.15, -0.1) is 24.0 Å². The summed E-state index contributed by atoms with van der Waals surface area (Å²) in [6.45, 7) is 10.4. The van der Waals surface area contributed by atoms with Crippen LogP contribution >= 0.6 is 24.0 Å². The largest absolute Gasteiger partial charge is 0.379 e. The lowest BCUT2D eigenvalue weighted by Crippen LogP contribution is -2.51. The fourth-order valence-electron chi connectivity index (χ4n) is 3.47. The van der Waals surface area contributed by atoms with Gasteiger partial charge in [0.25, 0.3) is 5.91 Å². The number of ether oxygens (including phenoxy) is 1. The summed E-state index contributed by atoms with van der Waals surface area (Å²) in [6.07, 6.45) is 1.98. The van der Waals surface area contributed by atoms with Crippen molar-refractivity contribution >= 4 is 35.8 Å². The van der Waals surface area contributed by atoms with Gasteiger partial charge < -0.3 is 20.7 Å². The highest BCUT2D eigenvalue weighted by Gasteiger charge is 2.22. The topological polar surface area (TPSA) is 78.0 Å². The average Bonchev–Trinajstić information content (AvgIpc) is 2.75. The first-order valence-corrected chi connectivity index (χ1v) is 10.7. The number of aliphatic imine (C=N–C) groups is 1. The van der Waals surface area contributed by atoms with Gasteiger partial charge in [0, 0.05) is 51.4 Å². The van der Waals surface area contributed by atoms with Gasteiger partial charge >= 0.3 is 0 Å². The quantitative estimate of drug-likeness (QED) is 0.187. The molecule has 170 valence electrons. The van der Waals surface area contributed by atoms with Gasteiger partial charge in [-0.1, -0.05) is 32.0 Å². The molecule has 1 aromatic carbocycles. The first-order chi connectivity index (χ1) is 14.1. The van der Waals surface area contributed by atoms with Gasteiger partial charge in [0.2, 0.25) is 0 Å². The van der Waals surface area contributed by atoms with Crippen LogP contribution in [0.4, 0.5) is 0 Å². The van der Waals surface area contributed by atoms with E-state index in [1.165, 1.54) is 0 Å². The molecule has 0 spiro atoms. The number of halogens is 1. The lowest BCUT2D eigenvalue weighted by Gasteiger charge is -2.35. The summed E-state index contributed by atoms with van der Waals surface area (Å²) in [6, 6.07) is 9.76. The number of benzene rings is 1. The van der Waals surface area contributed by atoms with Crippen molar-refractivity contribution < 1.29 is 9.53 Å². The minimum atomic E-state index is -0.0323. The summed E-state index contributed by atoms with van der Waals surface area (Å²) < 4.78 is 5.49. The summed E-state index contributed by atoms with van der Waals surface area (Å²) in [7, 11) is 1.79. The van der Waals surface area contributed by atoms with Crippen molar-refractivity contribution in [2.75, 3.05) is 53.0 Å². The van der Waals surface area contributed by atoms with Crippen molar-refractivity contribution in [3.8, 4) is 0 Å². The van der Waals surface area contributed by atoms with Crippen LogP contribution in [0.25, 0.3) is 0 Å². The highest BCUT2D eigenvalue weighted by Crippen LogP contribution is 2.12. The number of morpholine rings is 1. The van der Waals surface area contributed by atoms with Crippen LogP contribution in [0.5, 0.6) is 0 Å². The second-order valence-electron chi connectivity index (χ2n) is 7.79. The van der Waals surface area contributed by atoms with Crippen molar-refractivity contribution in [3.05, 3.63) is 35.9 Å². The van der Waals surface area contributed by atoms with E-state index in [0.29, 0.717) is 24.1 Å². The van der Waals surface area contributed by atoms with Crippen LogP contribution in [0.3, 0.4) is 0 Å². The fourth-order valence-corrected chi connectivity index (χ4v) is 3.47. The molecule has 0 saturated carbocycles. The lowest BCUT2D eigenvalue weighted by molar-refractivity contribution is 0.0132. The zero-order valence-electron chi connectivity index (χ0n) is 18.5. The molecule has 1 amide bonds. The van der Waals surface area contributed by atoms with Crippen molar-refractivity contribution in [1.82, 2.24) is 20.9 Å². The predicted octanol–water partition coefficient (Wildman–Crippen LogP) is 2.34. The zero-order chi connectivity index (χ0) is 20.9. The summed E-state index contributed by atoms with van der Waals surface area (Å²) in [4.78, 5) is 18.9. The van der Waals surface area contributed by atoms with Crippen LogP contribution in [0.15, 0.2) is 35.3 Å². The van der Waals surface area contributed by atoms with Crippen LogP contribution in [0.1, 0.15) is 37.0 Å². The molecule has 7 nitrogen and oxygen atoms in total. The van der Waals surface area contributed by atoms with E-state index in [1.54, 1.807) is 7.05 Å². The number of hydrogen-bond donors (Lipinski definition) is 3. The first kappa shape index (κ1) is 26.6. The molecule has 1 aliphatic rings. The Kier molecular flexibility index (Phi) is 13.7. The number of hydrogen-bond acceptors (Lipinski definition) is 4. The van der Waals surface area contributed by atoms with Crippen LogP contribution in [0.2, 0.25) is 0 Å². The molecule has 0 aliphatic carbocycles. The van der Waals surface area contributed by atoms with E-state index in [4.69, 9.17) is 4.74 Å². The van der Waals surface area contributed by atoms with E-state index in [0.717, 1.165) is 58.2 Å². The molecular weight excluding hydrogens is 493 g/mol. The molecule has 1 unspecified atom stereocenters. The Balaban J connectivity index is 0.00000450. The molecule has 1 fully saturated rings. The molecule has 8 heteroatoms. The van der Waals surface area contributed by atoms with Crippen molar-refractivity contribution in [2.24, 2.45) is 10.9 Å². The zero-order valence-corrected chi connectivity index (χ0v) is 20.9. The Morgan fingerprint density at radius 3 is 2.40 bits per heavy atom. The van der Waals surface area contributed by atoms with Gasteiger partial charge in [0.1, 0.15) is 0 Å². The Labute approximate surface area is 198 Å². The van der Waals surface area contributed by atoms with Gasteiger partial charge in [-0.05, 0) is 30.9 Å². The van der Waals surface area contributed by atoms with Gasteiger partial charge in [-0.2, -0.15) is 0 Å². The minimum Gasteiger partial charge on any atom is -0.379 e. The van der Waals surface area contributed by atoms with Crippen molar-refractivity contribution in [2.45, 2.75) is 32.7 Å². The molecule has 30 heavy (non-hydrogen) atoms. The fraction of sp³-hybridized carbons (Fsp3) is 0.636. The molecule has 1 atom stereocenters. The molecule has 1 heterocycles. The molecule has 2 rings (SSSR count). The Bertz CT molecular complexity index is 621. The highest BCUT2D eigenvalue weighted by molar-refractivity contribution is 14.0.